The van der Waals surface area contributed by atoms with Crippen molar-refractivity contribution in [3.63, 3.8) is 0 Å². The zero-order valence-corrected chi connectivity index (χ0v) is 17.1. The first-order valence-corrected chi connectivity index (χ1v) is 11.8. The average Bonchev–Trinajstić information content (AvgIpc) is 2.71. The van der Waals surface area contributed by atoms with Crippen LogP contribution in [0.4, 0.5) is 0 Å². The van der Waals surface area contributed by atoms with Gasteiger partial charge in [0.25, 0.3) is 0 Å². The smallest absolute Gasteiger partial charge is 0.336 e. The van der Waals surface area contributed by atoms with E-state index in [9.17, 15) is 19.6 Å². The first-order valence-electron chi connectivity index (χ1n) is 8.96. The van der Waals surface area contributed by atoms with Gasteiger partial charge in [0.05, 0.1) is 23.8 Å². The Morgan fingerprint density at radius 1 is 1.04 bits per heavy atom. The molecule has 0 fully saturated rings. The molecule has 146 valence electrons. The number of nitrogens with zero attached hydrogens (tertiary/aromatic N) is 1. The minimum absolute atomic E-state index is 0.0294. The van der Waals surface area contributed by atoms with E-state index in [0.717, 1.165) is 21.5 Å². The molecule has 2 aromatic carbocycles. The molecule has 1 heterocycles. The van der Waals surface area contributed by atoms with Crippen LogP contribution in [0.25, 0.3) is 10.9 Å². The number of benzene rings is 2. The fourth-order valence-corrected chi connectivity index (χ4v) is 5.88. The van der Waals surface area contributed by atoms with E-state index >= 15 is 0 Å². The summed E-state index contributed by atoms with van der Waals surface area (Å²) in [5, 5.41) is 21.8. The number of hydrogen-bond donors (Lipinski definition) is 2. The first kappa shape index (κ1) is 20.6. The van der Waals surface area contributed by atoms with Crippen molar-refractivity contribution in [3.05, 3.63) is 72.3 Å². The van der Waals surface area contributed by atoms with Crippen molar-refractivity contribution in [1.82, 2.24) is 4.98 Å². The summed E-state index contributed by atoms with van der Waals surface area (Å²) in [6.45, 7) is 0. The average molecular weight is 415 g/mol. The molecule has 28 heavy (non-hydrogen) atoms. The van der Waals surface area contributed by atoms with Crippen LogP contribution in [0.1, 0.15) is 12.0 Å². The van der Waals surface area contributed by atoms with Crippen LogP contribution in [0.2, 0.25) is 0 Å². The molecule has 0 aliphatic heterocycles. The van der Waals surface area contributed by atoms with E-state index in [1.807, 2.05) is 66.7 Å². The fourth-order valence-electron chi connectivity index (χ4n) is 2.93. The summed E-state index contributed by atoms with van der Waals surface area (Å²) >= 11 is 1.33. The molecule has 2 atom stereocenters. The predicted molar refractivity (Wildman–Crippen MR) is 114 cm³/mol. The molecule has 2 N–H and O–H groups in total. The Morgan fingerprint density at radius 3 is 2.50 bits per heavy atom. The van der Waals surface area contributed by atoms with E-state index in [-0.39, 0.29) is 18.1 Å². The van der Waals surface area contributed by atoms with Gasteiger partial charge >= 0.3 is 5.97 Å². The minimum atomic E-state index is -2.30. The van der Waals surface area contributed by atoms with E-state index in [0.29, 0.717) is 6.42 Å². The number of aliphatic hydroxyl groups is 1. The van der Waals surface area contributed by atoms with E-state index < -0.39 is 19.4 Å². The van der Waals surface area contributed by atoms with Gasteiger partial charge in [0.15, 0.2) is 5.60 Å². The molecule has 0 amide bonds. The molecule has 3 rings (SSSR count). The molecule has 0 aliphatic carbocycles. The van der Waals surface area contributed by atoms with Gasteiger partial charge in [-0.2, -0.15) is 0 Å². The SMILES string of the molecule is O=C(O)C(O)(CCc1ccccc1)C[PH](=O)CSc1ccc2ccccc2n1. The number of aliphatic carboxylic acids is 1. The van der Waals surface area contributed by atoms with E-state index in [1.54, 1.807) is 0 Å². The number of carboxylic acid groups (broad SMARTS) is 1. The van der Waals surface area contributed by atoms with Gasteiger partial charge < -0.3 is 14.8 Å². The topological polar surface area (TPSA) is 87.5 Å². The molecule has 1 aromatic heterocycles. The number of pyridine rings is 1. The normalized spacial score (nSPS) is 14.5. The lowest BCUT2D eigenvalue weighted by molar-refractivity contribution is -0.156. The Morgan fingerprint density at radius 2 is 1.75 bits per heavy atom. The van der Waals surface area contributed by atoms with Gasteiger partial charge in [-0.05, 0) is 30.5 Å². The number of fused-ring (bicyclic) bond motifs is 1. The summed E-state index contributed by atoms with van der Waals surface area (Å²) in [5.74, 6) is -1.32. The summed E-state index contributed by atoms with van der Waals surface area (Å²) in [4.78, 5) is 16.1. The molecule has 2 unspecified atom stereocenters. The molecule has 3 aromatic rings. The second-order valence-electron chi connectivity index (χ2n) is 6.67. The number of carbonyl (C=O) groups is 1. The number of aromatic nitrogens is 1. The van der Waals surface area contributed by atoms with Gasteiger partial charge in [-0.15, -0.1) is 0 Å². The Kier molecular flexibility index (Phi) is 6.89. The van der Waals surface area contributed by atoms with Crippen molar-refractivity contribution < 1.29 is 19.6 Å². The Hall–Kier alpha value is -2.14. The maximum atomic E-state index is 12.5. The highest BCUT2D eigenvalue weighted by atomic mass is 32.2. The highest BCUT2D eigenvalue weighted by molar-refractivity contribution is 8.03. The van der Waals surface area contributed by atoms with Crippen LogP contribution in [0.5, 0.6) is 0 Å². The van der Waals surface area contributed by atoms with Gasteiger partial charge in [0.2, 0.25) is 0 Å². The maximum Gasteiger partial charge on any atom is 0.336 e. The number of hydrogen-bond acceptors (Lipinski definition) is 5. The molecular formula is C21H22NO4PS. The molecule has 7 heteroatoms. The second-order valence-corrected chi connectivity index (χ2v) is 9.96. The van der Waals surface area contributed by atoms with Gasteiger partial charge in [-0.1, -0.05) is 66.4 Å². The van der Waals surface area contributed by atoms with Gasteiger partial charge in [-0.3, -0.25) is 0 Å². The zero-order valence-electron chi connectivity index (χ0n) is 15.2. The van der Waals surface area contributed by atoms with Gasteiger partial charge in [-0.25, -0.2) is 9.78 Å². The number of carboxylic acids is 1. The van der Waals surface area contributed by atoms with Crippen LogP contribution >= 0.6 is 19.6 Å². The van der Waals surface area contributed by atoms with Crippen LogP contribution in [-0.2, 0) is 15.8 Å². The lowest BCUT2D eigenvalue weighted by atomic mass is 9.97. The van der Waals surface area contributed by atoms with Gasteiger partial charge in [0, 0.05) is 11.5 Å². The largest absolute Gasteiger partial charge is 0.479 e. The third kappa shape index (κ3) is 5.44. The van der Waals surface area contributed by atoms with Crippen molar-refractivity contribution in [3.8, 4) is 0 Å². The highest BCUT2D eigenvalue weighted by Gasteiger charge is 2.37. The molecule has 0 radical (unpaired) electrons. The summed E-state index contributed by atoms with van der Waals surface area (Å²) in [6, 6.07) is 20.9. The predicted octanol–water partition coefficient (Wildman–Crippen LogP) is 4.29. The van der Waals surface area contributed by atoms with Crippen molar-refractivity contribution in [1.29, 1.82) is 0 Å². The Bertz CT molecular complexity index is 982. The lowest BCUT2D eigenvalue weighted by Gasteiger charge is -2.23. The monoisotopic (exact) mass is 415 g/mol. The summed E-state index contributed by atoms with van der Waals surface area (Å²) in [7, 11) is -2.30. The molecule has 0 bridgehead atoms. The maximum absolute atomic E-state index is 12.5. The quantitative estimate of drug-likeness (QED) is 0.400. The Labute approximate surface area is 168 Å². The highest BCUT2D eigenvalue weighted by Crippen LogP contribution is 2.35. The van der Waals surface area contributed by atoms with Crippen LogP contribution in [-0.4, -0.2) is 38.4 Å². The van der Waals surface area contributed by atoms with Gasteiger partial charge in [0.1, 0.15) is 0 Å². The van der Waals surface area contributed by atoms with Crippen LogP contribution in [0.15, 0.2) is 71.8 Å². The van der Waals surface area contributed by atoms with Crippen LogP contribution in [0, 0.1) is 0 Å². The third-order valence-corrected chi connectivity index (χ3v) is 7.88. The number of aryl methyl sites for hydroxylation is 1. The molecule has 0 aliphatic rings. The van der Waals surface area contributed by atoms with Crippen LogP contribution in [0.3, 0.4) is 0 Å². The van der Waals surface area contributed by atoms with E-state index in [2.05, 4.69) is 4.98 Å². The standard InChI is InChI=1S/C21H22NO4PS/c23-20(24)21(25,13-12-16-6-2-1-3-7-16)14-27(26)15-28-19-11-10-17-8-4-5-9-18(17)22-19/h1-11,25,27H,12-15H2,(H,23,24). The lowest BCUT2D eigenvalue weighted by Crippen LogP contribution is -2.41. The Balaban J connectivity index is 1.59. The van der Waals surface area contributed by atoms with Crippen molar-refractivity contribution in [2.75, 3.05) is 11.7 Å². The molecule has 5 nitrogen and oxygen atoms in total. The molecule has 0 saturated heterocycles. The molecular weight excluding hydrogens is 393 g/mol. The first-order chi connectivity index (χ1) is 13.5. The van der Waals surface area contributed by atoms with E-state index in [1.165, 1.54) is 11.8 Å². The van der Waals surface area contributed by atoms with Crippen molar-refractivity contribution in [2.24, 2.45) is 0 Å². The van der Waals surface area contributed by atoms with E-state index in [4.69, 9.17) is 0 Å². The molecule has 0 saturated carbocycles. The number of rotatable bonds is 9. The fraction of sp³-hybridized carbons (Fsp3) is 0.238. The van der Waals surface area contributed by atoms with Crippen molar-refractivity contribution in [2.45, 2.75) is 23.5 Å². The molecule has 0 spiro atoms. The summed E-state index contributed by atoms with van der Waals surface area (Å²) in [5.41, 5.74) is 0.0638. The summed E-state index contributed by atoms with van der Waals surface area (Å²) < 4.78 is 12.5. The van der Waals surface area contributed by atoms with Crippen molar-refractivity contribution >= 4 is 36.4 Å². The number of thioether (sulfide) groups is 1. The summed E-state index contributed by atoms with van der Waals surface area (Å²) in [6.07, 6.45) is 0.209. The second kappa shape index (κ2) is 9.37. The minimum Gasteiger partial charge on any atom is -0.479 e. The zero-order chi connectivity index (χ0) is 20.0. The third-order valence-electron chi connectivity index (χ3n) is 4.51. The van der Waals surface area contributed by atoms with Crippen LogP contribution < -0.4 is 0 Å². The number of para-hydroxylation sites is 1.